The standard InChI is InChI=1S/C66H116O6/c1-4-7-10-13-16-19-22-25-27-29-31-33-35-37-39-41-44-47-50-53-56-59-65(68)71-62-63(61-70-64(67)58-55-52-49-46-43-24-21-18-15-12-9-6-3)72-66(69)60-57-54-51-48-45-42-40-38-36-34-32-30-28-26-23-20-17-14-11-8-5-2/h7,10,16,18-19,21,25,27,30-33,63H,4-6,8-9,11-15,17,20,22-24,26,28-29,34-62H2,1-3H3/b10-7-,19-16-,21-18-,27-25-,32-30-,33-31-. The Kier molecular flexibility index (Phi) is 57.8. The van der Waals surface area contributed by atoms with Crippen molar-refractivity contribution in [3.8, 4) is 0 Å². The van der Waals surface area contributed by atoms with Crippen LogP contribution < -0.4 is 0 Å². The third-order valence-corrected chi connectivity index (χ3v) is 13.4. The fourth-order valence-electron chi connectivity index (χ4n) is 8.78. The van der Waals surface area contributed by atoms with Gasteiger partial charge in [-0.1, -0.05) is 254 Å². The van der Waals surface area contributed by atoms with Gasteiger partial charge in [-0.3, -0.25) is 14.4 Å². The van der Waals surface area contributed by atoms with Gasteiger partial charge in [0, 0.05) is 19.3 Å². The molecule has 0 aromatic rings. The first-order valence-electron chi connectivity index (χ1n) is 30.9. The number of allylic oxidation sites excluding steroid dienone is 12. The van der Waals surface area contributed by atoms with Gasteiger partial charge in [-0.05, 0) is 109 Å². The Morgan fingerprint density at radius 2 is 0.542 bits per heavy atom. The summed E-state index contributed by atoms with van der Waals surface area (Å²) < 4.78 is 16.9. The Balaban J connectivity index is 4.33. The van der Waals surface area contributed by atoms with Crippen LogP contribution in [0.15, 0.2) is 72.9 Å². The predicted octanol–water partition coefficient (Wildman–Crippen LogP) is 20.9. The van der Waals surface area contributed by atoms with Gasteiger partial charge in [-0.2, -0.15) is 0 Å². The van der Waals surface area contributed by atoms with Crippen LogP contribution in [-0.2, 0) is 28.6 Å². The largest absolute Gasteiger partial charge is 0.462 e. The van der Waals surface area contributed by atoms with E-state index >= 15 is 0 Å². The number of rotatable bonds is 56. The van der Waals surface area contributed by atoms with Crippen molar-refractivity contribution in [2.75, 3.05) is 13.2 Å². The molecule has 1 unspecified atom stereocenters. The van der Waals surface area contributed by atoms with Crippen LogP contribution in [0.5, 0.6) is 0 Å². The summed E-state index contributed by atoms with van der Waals surface area (Å²) in [6.07, 6.45) is 77.6. The lowest BCUT2D eigenvalue weighted by Gasteiger charge is -2.18. The van der Waals surface area contributed by atoms with Gasteiger partial charge in [0.15, 0.2) is 6.10 Å². The maximum absolute atomic E-state index is 12.9. The highest BCUT2D eigenvalue weighted by Gasteiger charge is 2.19. The number of carbonyl (C=O) groups is 3. The quantitative estimate of drug-likeness (QED) is 0.0261. The number of esters is 3. The van der Waals surface area contributed by atoms with Crippen molar-refractivity contribution in [2.45, 2.75) is 316 Å². The lowest BCUT2D eigenvalue weighted by molar-refractivity contribution is -0.167. The zero-order chi connectivity index (χ0) is 52.2. The van der Waals surface area contributed by atoms with E-state index in [-0.39, 0.29) is 31.1 Å². The van der Waals surface area contributed by atoms with Crippen LogP contribution in [0.3, 0.4) is 0 Å². The van der Waals surface area contributed by atoms with E-state index in [1.165, 1.54) is 173 Å². The average Bonchev–Trinajstić information content (AvgIpc) is 3.38. The number of hydrogen-bond donors (Lipinski definition) is 0. The van der Waals surface area contributed by atoms with Crippen molar-refractivity contribution in [3.05, 3.63) is 72.9 Å². The lowest BCUT2D eigenvalue weighted by Crippen LogP contribution is -2.30. The molecule has 72 heavy (non-hydrogen) atoms. The first kappa shape index (κ1) is 68.8. The molecule has 0 spiro atoms. The van der Waals surface area contributed by atoms with Gasteiger partial charge in [0.2, 0.25) is 0 Å². The Bertz CT molecular complexity index is 1340. The fraction of sp³-hybridized carbons (Fsp3) is 0.773. The van der Waals surface area contributed by atoms with Crippen molar-refractivity contribution in [3.63, 3.8) is 0 Å². The molecule has 0 saturated heterocycles. The van der Waals surface area contributed by atoms with Crippen molar-refractivity contribution < 1.29 is 28.6 Å². The highest BCUT2D eigenvalue weighted by Crippen LogP contribution is 2.16. The van der Waals surface area contributed by atoms with Crippen molar-refractivity contribution in [2.24, 2.45) is 0 Å². The molecule has 0 aromatic heterocycles. The SMILES string of the molecule is CC/C=C\C/C=C\C/C=C\C/C=C\CCCCCCCCCCC(=O)OCC(COC(=O)CCCCCCC/C=C\CCCCC)OC(=O)CCCCCCCCCCC/C=C\CCCCCCCCCC. The van der Waals surface area contributed by atoms with E-state index in [0.29, 0.717) is 19.3 Å². The minimum Gasteiger partial charge on any atom is -0.462 e. The summed E-state index contributed by atoms with van der Waals surface area (Å²) in [5.41, 5.74) is 0. The molecule has 0 saturated carbocycles. The maximum Gasteiger partial charge on any atom is 0.306 e. The molecule has 6 heteroatoms. The molecule has 0 bridgehead atoms. The average molecular weight is 1010 g/mol. The zero-order valence-corrected chi connectivity index (χ0v) is 47.7. The lowest BCUT2D eigenvalue weighted by atomic mass is 10.1. The second-order valence-electron chi connectivity index (χ2n) is 20.6. The normalized spacial score (nSPS) is 12.5. The van der Waals surface area contributed by atoms with E-state index in [1.807, 2.05) is 0 Å². The molecule has 0 aliphatic rings. The van der Waals surface area contributed by atoms with Crippen molar-refractivity contribution in [1.29, 1.82) is 0 Å². The first-order chi connectivity index (χ1) is 35.5. The summed E-state index contributed by atoms with van der Waals surface area (Å²) in [7, 11) is 0. The highest BCUT2D eigenvalue weighted by atomic mass is 16.6. The second-order valence-corrected chi connectivity index (χ2v) is 20.6. The molecule has 1 atom stereocenters. The molecule has 0 amide bonds. The number of ether oxygens (including phenoxy) is 3. The Morgan fingerprint density at radius 3 is 0.889 bits per heavy atom. The Labute approximate surface area is 446 Å². The van der Waals surface area contributed by atoms with Crippen LogP contribution >= 0.6 is 0 Å². The molecule has 0 aliphatic carbocycles. The Morgan fingerprint density at radius 1 is 0.292 bits per heavy atom. The maximum atomic E-state index is 12.9. The van der Waals surface area contributed by atoms with Crippen LogP contribution in [0, 0.1) is 0 Å². The van der Waals surface area contributed by atoms with Crippen LogP contribution in [0.4, 0.5) is 0 Å². The molecule has 0 aliphatic heterocycles. The van der Waals surface area contributed by atoms with E-state index in [9.17, 15) is 14.4 Å². The topological polar surface area (TPSA) is 78.9 Å². The minimum absolute atomic E-state index is 0.0819. The van der Waals surface area contributed by atoms with Crippen LogP contribution in [0.1, 0.15) is 310 Å². The fourth-order valence-corrected chi connectivity index (χ4v) is 8.78. The van der Waals surface area contributed by atoms with Gasteiger partial charge >= 0.3 is 17.9 Å². The van der Waals surface area contributed by atoms with E-state index in [2.05, 4.69) is 93.7 Å². The van der Waals surface area contributed by atoms with E-state index < -0.39 is 6.10 Å². The number of unbranched alkanes of at least 4 members (excludes halogenated alkanes) is 33. The van der Waals surface area contributed by atoms with Gasteiger partial charge in [0.1, 0.15) is 13.2 Å². The highest BCUT2D eigenvalue weighted by molar-refractivity contribution is 5.71. The van der Waals surface area contributed by atoms with E-state index in [4.69, 9.17) is 14.2 Å². The second kappa shape index (κ2) is 60.4. The van der Waals surface area contributed by atoms with Gasteiger partial charge in [-0.25, -0.2) is 0 Å². The number of hydrogen-bond acceptors (Lipinski definition) is 6. The van der Waals surface area contributed by atoms with Crippen molar-refractivity contribution >= 4 is 17.9 Å². The number of carbonyl (C=O) groups excluding carboxylic acids is 3. The van der Waals surface area contributed by atoms with Gasteiger partial charge in [0.05, 0.1) is 0 Å². The Hall–Kier alpha value is -3.15. The molecular weight excluding hydrogens is 889 g/mol. The summed E-state index contributed by atoms with van der Waals surface area (Å²) in [5, 5.41) is 0. The van der Waals surface area contributed by atoms with Crippen molar-refractivity contribution in [1.82, 2.24) is 0 Å². The summed E-state index contributed by atoms with van der Waals surface area (Å²) in [6, 6.07) is 0. The molecule has 0 rings (SSSR count). The van der Waals surface area contributed by atoms with Crippen LogP contribution in [0.2, 0.25) is 0 Å². The smallest absolute Gasteiger partial charge is 0.306 e. The molecule has 0 aromatic carbocycles. The molecule has 0 heterocycles. The first-order valence-corrected chi connectivity index (χ1v) is 30.9. The van der Waals surface area contributed by atoms with E-state index in [1.54, 1.807) is 0 Å². The molecule has 6 nitrogen and oxygen atoms in total. The minimum atomic E-state index is -0.784. The van der Waals surface area contributed by atoms with Crippen LogP contribution in [0.25, 0.3) is 0 Å². The van der Waals surface area contributed by atoms with Gasteiger partial charge in [0.25, 0.3) is 0 Å². The van der Waals surface area contributed by atoms with E-state index in [0.717, 1.165) is 96.3 Å². The summed E-state index contributed by atoms with van der Waals surface area (Å²) >= 11 is 0. The molecule has 416 valence electrons. The summed E-state index contributed by atoms with van der Waals surface area (Å²) in [6.45, 7) is 6.52. The molecule has 0 radical (unpaired) electrons. The third-order valence-electron chi connectivity index (χ3n) is 13.4. The molecule has 0 N–H and O–H groups in total. The molecule has 0 fully saturated rings. The molecular formula is C66H116O6. The van der Waals surface area contributed by atoms with Crippen LogP contribution in [-0.4, -0.2) is 37.2 Å². The predicted molar refractivity (Wildman–Crippen MR) is 311 cm³/mol. The summed E-state index contributed by atoms with van der Waals surface area (Å²) in [4.78, 5) is 38.2. The third kappa shape index (κ3) is 57.7. The van der Waals surface area contributed by atoms with Gasteiger partial charge < -0.3 is 14.2 Å². The van der Waals surface area contributed by atoms with Gasteiger partial charge in [-0.15, -0.1) is 0 Å². The summed E-state index contributed by atoms with van der Waals surface area (Å²) in [5.74, 6) is -0.889. The zero-order valence-electron chi connectivity index (χ0n) is 47.7. The monoisotopic (exact) mass is 1000 g/mol.